The Hall–Kier alpha value is -3.05. The predicted molar refractivity (Wildman–Crippen MR) is 89.8 cm³/mol. The number of ether oxygens (including phenoxy) is 1. The van der Waals surface area contributed by atoms with Gasteiger partial charge >= 0.3 is 6.09 Å². The molecule has 0 unspecified atom stereocenters. The van der Waals surface area contributed by atoms with Gasteiger partial charge in [-0.3, -0.25) is 14.8 Å². The first-order valence-corrected chi connectivity index (χ1v) is 7.44. The summed E-state index contributed by atoms with van der Waals surface area (Å²) in [6.07, 6.45) is 4.49. The van der Waals surface area contributed by atoms with Crippen molar-refractivity contribution < 1.29 is 24.3 Å². The zero-order chi connectivity index (χ0) is 19.0. The molecule has 0 fully saturated rings. The summed E-state index contributed by atoms with van der Waals surface area (Å²) in [6.45, 7) is 4.79. The molecular weight excluding hydrogens is 326 g/mol. The van der Waals surface area contributed by atoms with Gasteiger partial charge in [-0.1, -0.05) is 5.92 Å². The third-order valence-electron chi connectivity index (χ3n) is 2.90. The molecule has 1 aromatic carbocycles. The fourth-order valence-electron chi connectivity index (χ4n) is 1.75. The maximum atomic E-state index is 12.2. The van der Waals surface area contributed by atoms with Crippen molar-refractivity contribution in [3.05, 3.63) is 35.4 Å². The highest BCUT2D eigenvalue weighted by atomic mass is 16.6. The first-order valence-electron chi connectivity index (χ1n) is 7.44. The highest BCUT2D eigenvalue weighted by Gasteiger charge is 2.23. The topological polar surface area (TPSA) is 117 Å². The van der Waals surface area contributed by atoms with Gasteiger partial charge in [-0.05, 0) is 45.0 Å². The second-order valence-electron chi connectivity index (χ2n) is 6.11. The number of carbonyl (C=O) groups is 3. The number of benzene rings is 1. The quantitative estimate of drug-likeness (QED) is 0.357. The average Bonchev–Trinajstić information content (AvgIpc) is 2.56. The summed E-state index contributed by atoms with van der Waals surface area (Å²) in [4.78, 5) is 35.5. The van der Waals surface area contributed by atoms with E-state index in [-0.39, 0.29) is 12.1 Å². The average molecular weight is 347 g/mol. The number of nitrogens with one attached hydrogen (secondary N) is 3. The third kappa shape index (κ3) is 6.93. The largest absolute Gasteiger partial charge is 0.444 e. The van der Waals surface area contributed by atoms with Crippen molar-refractivity contribution in [3.8, 4) is 12.3 Å². The van der Waals surface area contributed by atoms with Crippen LogP contribution in [0.4, 0.5) is 4.79 Å². The second kappa shape index (κ2) is 8.70. The van der Waals surface area contributed by atoms with Gasteiger partial charge in [0.15, 0.2) is 0 Å². The van der Waals surface area contributed by atoms with E-state index >= 15 is 0 Å². The van der Waals surface area contributed by atoms with E-state index in [4.69, 9.17) is 16.4 Å². The van der Waals surface area contributed by atoms with E-state index in [2.05, 4.69) is 16.6 Å². The number of rotatable bonds is 5. The lowest BCUT2D eigenvalue weighted by Crippen LogP contribution is -2.52. The third-order valence-corrected chi connectivity index (χ3v) is 2.90. The first-order chi connectivity index (χ1) is 11.7. The molecule has 134 valence electrons. The summed E-state index contributed by atoms with van der Waals surface area (Å²) in [5, 5.41) is 13.6. The van der Waals surface area contributed by atoms with Gasteiger partial charge in [0.2, 0.25) is 0 Å². The Balaban J connectivity index is 2.72. The molecule has 8 heteroatoms. The van der Waals surface area contributed by atoms with Crippen molar-refractivity contribution in [2.75, 3.05) is 6.54 Å². The summed E-state index contributed by atoms with van der Waals surface area (Å²) in [5.74, 6) is 0.971. The normalized spacial score (nSPS) is 11.6. The van der Waals surface area contributed by atoms with Crippen molar-refractivity contribution in [3.63, 3.8) is 0 Å². The zero-order valence-electron chi connectivity index (χ0n) is 14.3. The van der Waals surface area contributed by atoms with Crippen molar-refractivity contribution in [1.29, 1.82) is 0 Å². The lowest BCUT2D eigenvalue weighted by atomic mass is 10.1. The van der Waals surface area contributed by atoms with Gasteiger partial charge in [0, 0.05) is 11.1 Å². The lowest BCUT2D eigenvalue weighted by molar-refractivity contribution is -0.131. The van der Waals surface area contributed by atoms with E-state index in [1.165, 1.54) is 17.6 Å². The van der Waals surface area contributed by atoms with Crippen LogP contribution in [0.1, 0.15) is 36.7 Å². The minimum Gasteiger partial charge on any atom is -0.444 e. The minimum absolute atomic E-state index is 0.268. The van der Waals surface area contributed by atoms with E-state index in [0.29, 0.717) is 5.56 Å². The molecule has 0 aliphatic carbocycles. The number of amides is 3. The summed E-state index contributed by atoms with van der Waals surface area (Å²) < 4.78 is 5.04. The van der Waals surface area contributed by atoms with Crippen LogP contribution in [-0.2, 0) is 9.53 Å². The molecule has 0 heterocycles. The molecule has 3 amide bonds. The fourth-order valence-corrected chi connectivity index (χ4v) is 1.75. The number of hydrogen-bond acceptors (Lipinski definition) is 5. The van der Waals surface area contributed by atoms with Crippen LogP contribution in [0.3, 0.4) is 0 Å². The first kappa shape index (κ1) is 20.0. The molecule has 0 aliphatic heterocycles. The Morgan fingerprint density at radius 2 is 1.84 bits per heavy atom. The number of alkyl carbamates (subject to hydrolysis) is 1. The van der Waals surface area contributed by atoms with Gasteiger partial charge in [-0.2, -0.15) is 0 Å². The maximum Gasteiger partial charge on any atom is 0.407 e. The predicted octanol–water partition coefficient (Wildman–Crippen LogP) is 0.796. The number of hydroxylamine groups is 1. The maximum absolute atomic E-state index is 12.2. The van der Waals surface area contributed by atoms with Gasteiger partial charge < -0.3 is 15.4 Å². The SMILES string of the molecule is C#Cc1ccc(C(=O)N[C@@H](CNC(=O)OC(C)(C)C)C(=O)NO)cc1. The Labute approximate surface area is 145 Å². The molecular formula is C17H21N3O5. The summed E-state index contributed by atoms with van der Waals surface area (Å²) >= 11 is 0. The van der Waals surface area contributed by atoms with Gasteiger partial charge in [0.25, 0.3) is 11.8 Å². The molecule has 0 aromatic heterocycles. The van der Waals surface area contributed by atoms with Gasteiger partial charge in [-0.25, -0.2) is 10.3 Å². The van der Waals surface area contributed by atoms with Gasteiger partial charge in [0.1, 0.15) is 11.6 Å². The van der Waals surface area contributed by atoms with Gasteiger partial charge in [-0.15, -0.1) is 6.42 Å². The minimum atomic E-state index is -1.20. The number of carbonyl (C=O) groups excluding carboxylic acids is 3. The molecule has 0 spiro atoms. The molecule has 1 atom stereocenters. The molecule has 8 nitrogen and oxygen atoms in total. The highest BCUT2D eigenvalue weighted by molar-refractivity contribution is 5.97. The molecule has 0 saturated carbocycles. The summed E-state index contributed by atoms with van der Waals surface area (Å²) in [7, 11) is 0. The monoisotopic (exact) mass is 347 g/mol. The molecule has 0 radical (unpaired) electrons. The smallest absolute Gasteiger partial charge is 0.407 e. The van der Waals surface area contributed by atoms with Crippen LogP contribution in [0.15, 0.2) is 24.3 Å². The van der Waals surface area contributed by atoms with E-state index in [1.807, 2.05) is 0 Å². The van der Waals surface area contributed by atoms with Crippen LogP contribution >= 0.6 is 0 Å². The fraction of sp³-hybridized carbons (Fsp3) is 0.353. The van der Waals surface area contributed by atoms with Gasteiger partial charge in [0.05, 0.1) is 6.54 Å². The highest BCUT2D eigenvalue weighted by Crippen LogP contribution is 2.06. The van der Waals surface area contributed by atoms with Crippen molar-refractivity contribution in [1.82, 2.24) is 16.1 Å². The number of hydrogen-bond donors (Lipinski definition) is 4. The Kier molecular flexibility index (Phi) is 6.96. The van der Waals surface area contributed by atoms with Crippen molar-refractivity contribution in [2.45, 2.75) is 32.4 Å². The van der Waals surface area contributed by atoms with Crippen LogP contribution in [0.25, 0.3) is 0 Å². The van der Waals surface area contributed by atoms with Crippen LogP contribution in [0.5, 0.6) is 0 Å². The lowest BCUT2D eigenvalue weighted by Gasteiger charge is -2.21. The van der Waals surface area contributed by atoms with Crippen LogP contribution in [0, 0.1) is 12.3 Å². The van der Waals surface area contributed by atoms with Crippen molar-refractivity contribution in [2.24, 2.45) is 0 Å². The standard InChI is InChI=1S/C17H21N3O5/c1-5-11-6-8-12(9-7-11)14(21)19-13(15(22)20-24)10-18-16(23)25-17(2,3)4/h1,6-9,13,24H,10H2,2-4H3,(H,18,23)(H,19,21)(H,20,22)/t13-/m0/s1. The van der Waals surface area contributed by atoms with E-state index in [9.17, 15) is 14.4 Å². The second-order valence-corrected chi connectivity index (χ2v) is 6.11. The van der Waals surface area contributed by atoms with Crippen LogP contribution in [-0.4, -0.2) is 41.3 Å². The van der Waals surface area contributed by atoms with E-state index < -0.39 is 29.6 Å². The number of terminal acetylenes is 1. The Bertz CT molecular complexity index is 671. The molecule has 0 aliphatic rings. The molecule has 1 aromatic rings. The van der Waals surface area contributed by atoms with E-state index in [1.54, 1.807) is 32.9 Å². The van der Waals surface area contributed by atoms with Crippen LogP contribution in [0.2, 0.25) is 0 Å². The zero-order valence-corrected chi connectivity index (χ0v) is 14.3. The Morgan fingerprint density at radius 3 is 2.32 bits per heavy atom. The molecule has 4 N–H and O–H groups in total. The Morgan fingerprint density at radius 1 is 1.24 bits per heavy atom. The molecule has 25 heavy (non-hydrogen) atoms. The molecule has 0 saturated heterocycles. The van der Waals surface area contributed by atoms with Crippen LogP contribution < -0.4 is 16.1 Å². The molecule has 0 bridgehead atoms. The van der Waals surface area contributed by atoms with E-state index in [0.717, 1.165) is 0 Å². The van der Waals surface area contributed by atoms with Crippen molar-refractivity contribution >= 4 is 17.9 Å². The molecule has 1 rings (SSSR count). The summed E-state index contributed by atoms with van der Waals surface area (Å²) in [6, 6.07) is 4.96. The summed E-state index contributed by atoms with van der Waals surface area (Å²) in [5.41, 5.74) is 1.61.